The number of hydrogen-bond donors (Lipinski definition) is 4. The minimum atomic E-state index is -0.653. The van der Waals surface area contributed by atoms with Crippen molar-refractivity contribution in [2.24, 2.45) is 0 Å². The largest absolute Gasteiger partial charge is 0.507 e. The van der Waals surface area contributed by atoms with Gasteiger partial charge in [-0.1, -0.05) is 0 Å². The number of nitrogen functional groups attached to an aromatic ring is 1. The number of fused-ring (bicyclic) bond motifs is 2. The average molecular weight is 410 g/mol. The second-order valence-corrected chi connectivity index (χ2v) is 7.50. The number of anilines is 2. The van der Waals surface area contributed by atoms with E-state index >= 15 is 0 Å². The summed E-state index contributed by atoms with van der Waals surface area (Å²) in [6, 6.07) is 5.30. The van der Waals surface area contributed by atoms with Gasteiger partial charge < -0.3 is 31.1 Å². The number of aromatic hydroxyl groups is 2. The quantitative estimate of drug-likeness (QED) is 0.365. The molecule has 2 aromatic carbocycles. The summed E-state index contributed by atoms with van der Waals surface area (Å²) in [5, 5.41) is 23.4. The van der Waals surface area contributed by atoms with Crippen molar-refractivity contribution in [1.29, 1.82) is 0 Å². The van der Waals surface area contributed by atoms with Crippen LogP contribution < -0.4 is 11.1 Å². The molecule has 9 heteroatoms. The van der Waals surface area contributed by atoms with Gasteiger partial charge >= 0.3 is 0 Å². The number of carbonyl (C=O) groups is 3. The van der Waals surface area contributed by atoms with Gasteiger partial charge in [0.15, 0.2) is 0 Å². The molecule has 1 fully saturated rings. The molecule has 30 heavy (non-hydrogen) atoms. The van der Waals surface area contributed by atoms with Crippen LogP contribution in [0.3, 0.4) is 0 Å². The first kappa shape index (κ1) is 19.7. The highest BCUT2D eigenvalue weighted by atomic mass is 16.3. The summed E-state index contributed by atoms with van der Waals surface area (Å²) in [4.78, 5) is 42.6. The maximum Gasteiger partial charge on any atom is 0.241 e. The van der Waals surface area contributed by atoms with Crippen molar-refractivity contribution in [1.82, 2.24) is 9.80 Å². The van der Waals surface area contributed by atoms with E-state index in [4.69, 9.17) is 5.73 Å². The summed E-state index contributed by atoms with van der Waals surface area (Å²) < 4.78 is 0. The van der Waals surface area contributed by atoms with Crippen molar-refractivity contribution in [2.75, 3.05) is 50.8 Å². The lowest BCUT2D eigenvalue weighted by Crippen LogP contribution is -2.48. The SMILES string of the molecule is CN1CCN(C(=O)CNc2ccc(O)c3c2C(=O)c2c(O)ccc(N)c2C3=O)CC1. The number of likely N-dealkylation sites (N-methyl/N-ethyl adjacent to an activating group) is 1. The molecule has 1 saturated heterocycles. The summed E-state index contributed by atoms with van der Waals surface area (Å²) in [5.74, 6) is -2.17. The molecule has 0 aromatic heterocycles. The van der Waals surface area contributed by atoms with E-state index < -0.39 is 11.6 Å². The predicted molar refractivity (Wildman–Crippen MR) is 110 cm³/mol. The van der Waals surface area contributed by atoms with E-state index in [9.17, 15) is 24.6 Å². The molecule has 1 aliphatic carbocycles. The Kier molecular flexibility index (Phi) is 4.83. The van der Waals surface area contributed by atoms with Gasteiger partial charge in [0.1, 0.15) is 11.5 Å². The average Bonchev–Trinajstić information content (AvgIpc) is 2.72. The Labute approximate surface area is 172 Å². The lowest BCUT2D eigenvalue weighted by molar-refractivity contribution is -0.130. The number of amides is 1. The van der Waals surface area contributed by atoms with Gasteiger partial charge in [0.05, 0.1) is 28.8 Å². The fourth-order valence-corrected chi connectivity index (χ4v) is 3.88. The number of benzene rings is 2. The highest BCUT2D eigenvalue weighted by Gasteiger charge is 2.37. The van der Waals surface area contributed by atoms with Gasteiger partial charge in [0.2, 0.25) is 17.5 Å². The second-order valence-electron chi connectivity index (χ2n) is 7.50. The Balaban J connectivity index is 1.67. The van der Waals surface area contributed by atoms with Gasteiger partial charge in [-0.05, 0) is 31.3 Å². The van der Waals surface area contributed by atoms with Gasteiger partial charge in [-0.15, -0.1) is 0 Å². The van der Waals surface area contributed by atoms with Crippen LogP contribution in [0.4, 0.5) is 11.4 Å². The zero-order chi connectivity index (χ0) is 21.6. The number of rotatable bonds is 3. The van der Waals surface area contributed by atoms with Crippen molar-refractivity contribution >= 4 is 28.8 Å². The molecule has 156 valence electrons. The van der Waals surface area contributed by atoms with Crippen LogP contribution in [0.25, 0.3) is 0 Å². The highest BCUT2D eigenvalue weighted by molar-refractivity contribution is 6.33. The first-order valence-corrected chi connectivity index (χ1v) is 9.56. The van der Waals surface area contributed by atoms with Crippen LogP contribution in [0.15, 0.2) is 24.3 Å². The van der Waals surface area contributed by atoms with E-state index in [1.807, 2.05) is 7.05 Å². The number of nitrogens with zero attached hydrogens (tertiary/aromatic N) is 2. The molecule has 2 aliphatic rings. The first-order chi connectivity index (χ1) is 14.3. The number of piperazine rings is 1. The third kappa shape index (κ3) is 3.13. The summed E-state index contributed by atoms with van der Waals surface area (Å²) in [6.07, 6.45) is 0. The van der Waals surface area contributed by atoms with Gasteiger partial charge in [0, 0.05) is 37.6 Å². The second kappa shape index (κ2) is 7.34. The Hall–Kier alpha value is -3.59. The lowest BCUT2D eigenvalue weighted by Gasteiger charge is -2.32. The molecule has 0 radical (unpaired) electrons. The maximum atomic E-state index is 13.2. The Morgan fingerprint density at radius 3 is 2.17 bits per heavy atom. The summed E-state index contributed by atoms with van der Waals surface area (Å²) in [5.41, 5.74) is 5.52. The van der Waals surface area contributed by atoms with E-state index in [1.165, 1.54) is 24.3 Å². The molecule has 4 rings (SSSR count). The lowest BCUT2D eigenvalue weighted by atomic mass is 9.81. The fraction of sp³-hybridized carbons (Fsp3) is 0.286. The van der Waals surface area contributed by atoms with Crippen molar-refractivity contribution < 1.29 is 24.6 Å². The van der Waals surface area contributed by atoms with E-state index in [0.717, 1.165) is 13.1 Å². The predicted octanol–water partition coefficient (Wildman–Crippen LogP) is 0.641. The summed E-state index contributed by atoms with van der Waals surface area (Å²) in [7, 11) is 1.99. The smallest absolute Gasteiger partial charge is 0.241 e. The molecular weight excluding hydrogens is 388 g/mol. The molecular formula is C21H22N4O5. The van der Waals surface area contributed by atoms with Crippen LogP contribution in [0, 0.1) is 0 Å². The normalized spacial score (nSPS) is 16.2. The van der Waals surface area contributed by atoms with Crippen LogP contribution in [0.1, 0.15) is 31.8 Å². The van der Waals surface area contributed by atoms with Crippen LogP contribution in [-0.4, -0.2) is 77.3 Å². The minimum Gasteiger partial charge on any atom is -0.507 e. The number of nitrogens with one attached hydrogen (secondary N) is 1. The monoisotopic (exact) mass is 410 g/mol. The standard InChI is InChI=1S/C21H22N4O5/c1-24-6-8-25(9-7-24)15(28)10-23-12-3-5-14(27)19-17(12)21(30)18-13(26)4-2-11(22)16(18)20(19)29/h2-5,23,26-27H,6-10,22H2,1H3. The molecule has 0 unspecified atom stereocenters. The van der Waals surface area contributed by atoms with Crippen LogP contribution in [0.5, 0.6) is 11.5 Å². The van der Waals surface area contributed by atoms with Gasteiger partial charge in [0.25, 0.3) is 0 Å². The molecule has 0 saturated carbocycles. The molecule has 0 atom stereocenters. The van der Waals surface area contributed by atoms with E-state index in [0.29, 0.717) is 13.1 Å². The van der Waals surface area contributed by atoms with E-state index in [2.05, 4.69) is 10.2 Å². The summed E-state index contributed by atoms with van der Waals surface area (Å²) in [6.45, 7) is 2.72. The zero-order valence-corrected chi connectivity index (χ0v) is 16.4. The number of phenols is 2. The first-order valence-electron chi connectivity index (χ1n) is 9.56. The van der Waals surface area contributed by atoms with Gasteiger partial charge in [-0.25, -0.2) is 0 Å². The molecule has 9 nitrogen and oxygen atoms in total. The fourth-order valence-electron chi connectivity index (χ4n) is 3.88. The Morgan fingerprint density at radius 2 is 1.50 bits per heavy atom. The van der Waals surface area contributed by atoms with Crippen molar-refractivity contribution in [3.63, 3.8) is 0 Å². The third-order valence-corrected chi connectivity index (χ3v) is 5.59. The van der Waals surface area contributed by atoms with E-state index in [-0.39, 0.29) is 57.6 Å². The van der Waals surface area contributed by atoms with Crippen molar-refractivity contribution in [2.45, 2.75) is 0 Å². The van der Waals surface area contributed by atoms with Gasteiger partial charge in [-0.2, -0.15) is 0 Å². The highest BCUT2D eigenvalue weighted by Crippen LogP contribution is 2.41. The van der Waals surface area contributed by atoms with E-state index in [1.54, 1.807) is 4.90 Å². The third-order valence-electron chi connectivity index (χ3n) is 5.59. The Bertz CT molecular complexity index is 1070. The number of nitrogens with two attached hydrogens (primary N) is 1. The number of ketones is 2. The summed E-state index contributed by atoms with van der Waals surface area (Å²) >= 11 is 0. The van der Waals surface area contributed by atoms with Crippen molar-refractivity contribution in [3.8, 4) is 11.5 Å². The molecule has 2 aromatic rings. The minimum absolute atomic E-state index is 0.0369. The number of hydrogen-bond acceptors (Lipinski definition) is 8. The molecule has 1 amide bonds. The molecule has 5 N–H and O–H groups in total. The van der Waals surface area contributed by atoms with Crippen LogP contribution >= 0.6 is 0 Å². The number of carbonyl (C=O) groups excluding carboxylic acids is 3. The van der Waals surface area contributed by atoms with Crippen LogP contribution in [-0.2, 0) is 4.79 Å². The van der Waals surface area contributed by atoms with Crippen molar-refractivity contribution in [3.05, 3.63) is 46.5 Å². The van der Waals surface area contributed by atoms with Gasteiger partial charge in [-0.3, -0.25) is 14.4 Å². The molecule has 1 heterocycles. The zero-order valence-electron chi connectivity index (χ0n) is 16.4. The Morgan fingerprint density at radius 1 is 0.933 bits per heavy atom. The number of phenolic OH excluding ortho intramolecular Hbond substituents is 2. The topological polar surface area (TPSA) is 136 Å². The molecule has 1 aliphatic heterocycles. The maximum absolute atomic E-state index is 13.2. The molecule has 0 bridgehead atoms. The van der Waals surface area contributed by atoms with Crippen LogP contribution in [0.2, 0.25) is 0 Å². The molecule has 0 spiro atoms.